The molecule has 1 aromatic heterocycles. The summed E-state index contributed by atoms with van der Waals surface area (Å²) < 4.78 is 12.3. The lowest BCUT2D eigenvalue weighted by Gasteiger charge is -2.46. The smallest absolute Gasteiger partial charge is 0.414 e. The van der Waals surface area contributed by atoms with E-state index in [2.05, 4.69) is 50.2 Å². The number of hydrogen-bond donors (Lipinski definition) is 0. The highest BCUT2D eigenvalue weighted by Crippen LogP contribution is 2.34. The van der Waals surface area contributed by atoms with Crippen molar-refractivity contribution in [2.75, 3.05) is 33.9 Å². The van der Waals surface area contributed by atoms with Crippen LogP contribution in [0.3, 0.4) is 0 Å². The van der Waals surface area contributed by atoms with Gasteiger partial charge >= 0.3 is 6.09 Å². The molecule has 0 radical (unpaired) electrons. The van der Waals surface area contributed by atoms with Gasteiger partial charge in [-0.25, -0.2) is 9.78 Å². The molecule has 0 bridgehead atoms. The fourth-order valence-corrected chi connectivity index (χ4v) is 5.10. The van der Waals surface area contributed by atoms with Crippen molar-refractivity contribution in [3.63, 3.8) is 0 Å². The summed E-state index contributed by atoms with van der Waals surface area (Å²) in [6.07, 6.45) is 3.70. The number of fused-ring (bicyclic) bond motifs is 1. The van der Waals surface area contributed by atoms with Gasteiger partial charge in [0.15, 0.2) is 0 Å². The first-order chi connectivity index (χ1) is 14.6. The molecule has 4 rings (SSSR count). The van der Waals surface area contributed by atoms with E-state index in [0.717, 1.165) is 47.8 Å². The lowest BCUT2D eigenvalue weighted by molar-refractivity contribution is -0.124. The molecule has 6 nitrogen and oxygen atoms in total. The van der Waals surface area contributed by atoms with Gasteiger partial charge in [0.25, 0.3) is 0 Å². The van der Waals surface area contributed by atoms with Gasteiger partial charge in [0.1, 0.15) is 5.60 Å². The van der Waals surface area contributed by atoms with Crippen molar-refractivity contribution in [2.45, 2.75) is 51.7 Å². The van der Waals surface area contributed by atoms with Crippen LogP contribution in [-0.4, -0.2) is 65.9 Å². The monoisotopic (exact) mass is 443 g/mol. The average Bonchev–Trinajstić information content (AvgIpc) is 3.04. The van der Waals surface area contributed by atoms with E-state index >= 15 is 0 Å². The van der Waals surface area contributed by atoms with E-state index in [1.54, 1.807) is 16.2 Å². The SMILES string of the molecule is C[C@H]1CC=C(c2ccc3sc(CC4(N(C)C)COC4)nc3c2)N(C(=O)OC(C)(C)C)C1. The van der Waals surface area contributed by atoms with Gasteiger partial charge in [-0.2, -0.15) is 0 Å². The third-order valence-electron chi connectivity index (χ3n) is 6.01. The van der Waals surface area contributed by atoms with Crippen molar-refractivity contribution in [3.8, 4) is 0 Å². The minimum atomic E-state index is -0.524. The molecule has 1 atom stereocenters. The number of aromatic nitrogens is 1. The molecule has 2 aliphatic heterocycles. The van der Waals surface area contributed by atoms with E-state index in [1.807, 2.05) is 20.8 Å². The summed E-state index contributed by atoms with van der Waals surface area (Å²) in [6, 6.07) is 6.32. The van der Waals surface area contributed by atoms with Crippen molar-refractivity contribution in [1.82, 2.24) is 14.8 Å². The largest absolute Gasteiger partial charge is 0.443 e. The molecule has 1 aromatic carbocycles. The zero-order valence-electron chi connectivity index (χ0n) is 19.4. The standard InChI is InChI=1S/C24H33N3O3S/c1-16-7-9-19(27(13-16)22(28)30-23(2,3)4)17-8-10-20-18(11-17)25-21(31-20)12-24(26(5)6)14-29-15-24/h8-11,16H,7,12-15H2,1-6H3/t16-/m0/s1. The first kappa shape index (κ1) is 22.2. The van der Waals surface area contributed by atoms with Crippen molar-refractivity contribution in [2.24, 2.45) is 5.92 Å². The van der Waals surface area contributed by atoms with Crippen LogP contribution in [0.5, 0.6) is 0 Å². The van der Waals surface area contributed by atoms with Gasteiger partial charge in [-0.3, -0.25) is 9.80 Å². The number of nitrogens with zero attached hydrogens (tertiary/aromatic N) is 3. The van der Waals surface area contributed by atoms with Gasteiger partial charge in [-0.15, -0.1) is 11.3 Å². The van der Waals surface area contributed by atoms with E-state index in [1.165, 1.54) is 4.70 Å². The Morgan fingerprint density at radius 1 is 1.35 bits per heavy atom. The third-order valence-corrected chi connectivity index (χ3v) is 7.05. The molecule has 0 aliphatic carbocycles. The molecule has 31 heavy (non-hydrogen) atoms. The predicted octanol–water partition coefficient (Wildman–Crippen LogP) is 4.79. The first-order valence-corrected chi connectivity index (χ1v) is 11.7. The van der Waals surface area contributed by atoms with Crippen molar-refractivity contribution < 1.29 is 14.3 Å². The number of thiazole rings is 1. The number of hydrogen-bond acceptors (Lipinski definition) is 6. The summed E-state index contributed by atoms with van der Waals surface area (Å²) in [5, 5.41) is 1.12. The molecule has 168 valence electrons. The van der Waals surface area contributed by atoms with Crippen LogP contribution >= 0.6 is 11.3 Å². The summed E-state index contributed by atoms with van der Waals surface area (Å²) in [5.41, 5.74) is 2.43. The molecule has 0 N–H and O–H groups in total. The fourth-order valence-electron chi connectivity index (χ4n) is 4.02. The lowest BCUT2D eigenvalue weighted by atomic mass is 9.92. The zero-order valence-corrected chi connectivity index (χ0v) is 20.2. The highest BCUT2D eigenvalue weighted by molar-refractivity contribution is 7.18. The Morgan fingerprint density at radius 3 is 2.71 bits per heavy atom. The maximum absolute atomic E-state index is 12.9. The molecule has 0 spiro atoms. The maximum atomic E-state index is 12.9. The van der Waals surface area contributed by atoms with Gasteiger partial charge in [0.2, 0.25) is 0 Å². The summed E-state index contributed by atoms with van der Waals surface area (Å²) in [7, 11) is 4.21. The van der Waals surface area contributed by atoms with Crippen LogP contribution in [0.25, 0.3) is 15.9 Å². The fraction of sp³-hybridized carbons (Fsp3) is 0.583. The highest BCUT2D eigenvalue weighted by atomic mass is 32.1. The number of amides is 1. The second-order valence-electron chi connectivity index (χ2n) is 10.1. The molecule has 1 amide bonds. The molecule has 1 saturated heterocycles. The van der Waals surface area contributed by atoms with E-state index in [9.17, 15) is 4.79 Å². The van der Waals surface area contributed by atoms with Crippen LogP contribution in [0.1, 0.15) is 44.7 Å². The van der Waals surface area contributed by atoms with Crippen LogP contribution < -0.4 is 0 Å². The maximum Gasteiger partial charge on any atom is 0.414 e. The zero-order chi connectivity index (χ0) is 22.4. The Kier molecular flexibility index (Phi) is 5.87. The number of benzene rings is 1. The summed E-state index contributed by atoms with van der Waals surface area (Å²) in [6.45, 7) is 10.0. The summed E-state index contributed by atoms with van der Waals surface area (Å²) in [4.78, 5) is 21.9. The van der Waals surface area contributed by atoms with Crippen molar-refractivity contribution in [1.29, 1.82) is 0 Å². The summed E-state index contributed by atoms with van der Waals surface area (Å²) >= 11 is 1.74. The Morgan fingerprint density at radius 2 is 2.10 bits per heavy atom. The van der Waals surface area contributed by atoms with Gasteiger partial charge < -0.3 is 9.47 Å². The van der Waals surface area contributed by atoms with Crippen LogP contribution in [0.15, 0.2) is 24.3 Å². The minimum absolute atomic E-state index is 0.0479. The lowest BCUT2D eigenvalue weighted by Crippen LogP contribution is -2.61. The molecule has 0 saturated carbocycles. The number of rotatable bonds is 4. The van der Waals surface area contributed by atoms with Gasteiger partial charge in [-0.1, -0.05) is 19.1 Å². The number of ether oxygens (including phenoxy) is 2. The average molecular weight is 444 g/mol. The topological polar surface area (TPSA) is 54.9 Å². The summed E-state index contributed by atoms with van der Waals surface area (Å²) in [5.74, 6) is 0.401. The molecule has 3 heterocycles. The van der Waals surface area contributed by atoms with Crippen LogP contribution in [-0.2, 0) is 15.9 Å². The normalized spacial score (nSPS) is 21.2. The van der Waals surface area contributed by atoms with E-state index in [-0.39, 0.29) is 11.6 Å². The van der Waals surface area contributed by atoms with Crippen molar-refractivity contribution in [3.05, 3.63) is 34.8 Å². The van der Waals surface area contributed by atoms with Crippen LogP contribution in [0.4, 0.5) is 4.79 Å². The number of carbonyl (C=O) groups excluding carboxylic acids is 1. The van der Waals surface area contributed by atoms with Gasteiger partial charge in [0.05, 0.1) is 39.7 Å². The van der Waals surface area contributed by atoms with Gasteiger partial charge in [-0.05, 0) is 59.3 Å². The van der Waals surface area contributed by atoms with E-state index < -0.39 is 5.60 Å². The van der Waals surface area contributed by atoms with Crippen LogP contribution in [0, 0.1) is 5.92 Å². The molecule has 0 unspecified atom stereocenters. The molecule has 7 heteroatoms. The minimum Gasteiger partial charge on any atom is -0.443 e. The molecule has 2 aromatic rings. The third kappa shape index (κ3) is 4.64. The second-order valence-corrected chi connectivity index (χ2v) is 11.2. The van der Waals surface area contributed by atoms with E-state index in [4.69, 9.17) is 14.5 Å². The number of likely N-dealkylation sites (N-methyl/N-ethyl adjacent to an activating group) is 1. The Labute approximate surface area is 188 Å². The van der Waals surface area contributed by atoms with Crippen molar-refractivity contribution >= 4 is 33.3 Å². The predicted molar refractivity (Wildman–Crippen MR) is 125 cm³/mol. The highest BCUT2D eigenvalue weighted by Gasteiger charge is 2.41. The Bertz CT molecular complexity index is 1000. The molecule has 1 fully saturated rings. The quantitative estimate of drug-likeness (QED) is 0.680. The second kappa shape index (κ2) is 8.19. The van der Waals surface area contributed by atoms with E-state index in [0.29, 0.717) is 12.5 Å². The molecule has 2 aliphatic rings. The first-order valence-electron chi connectivity index (χ1n) is 10.9. The molecular weight excluding hydrogens is 410 g/mol. The molecular formula is C24H33N3O3S. The number of carbonyl (C=O) groups is 1. The van der Waals surface area contributed by atoms with Crippen LogP contribution in [0.2, 0.25) is 0 Å². The number of allylic oxidation sites excluding steroid dienone is 1. The Hall–Kier alpha value is -1.96. The Balaban J connectivity index is 1.61. The van der Waals surface area contributed by atoms with Gasteiger partial charge in [0, 0.05) is 18.5 Å².